The molecule has 3 rings (SSSR count). The molecular formula is C14H14Cl2N4O3. The molecule has 0 saturated carbocycles. The molecule has 0 radical (unpaired) electrons. The van der Waals surface area contributed by atoms with Crippen LogP contribution in [0.1, 0.15) is 6.42 Å². The van der Waals surface area contributed by atoms with Gasteiger partial charge in [0.25, 0.3) is 0 Å². The maximum absolute atomic E-state index is 12.3. The Kier molecular flexibility index (Phi) is 4.32. The van der Waals surface area contributed by atoms with Crippen LogP contribution in [0.4, 0.5) is 15.3 Å². The van der Waals surface area contributed by atoms with E-state index in [1.54, 1.807) is 23.1 Å². The zero-order valence-corrected chi connectivity index (χ0v) is 13.5. The van der Waals surface area contributed by atoms with Gasteiger partial charge in [0, 0.05) is 18.8 Å². The summed E-state index contributed by atoms with van der Waals surface area (Å²) in [7, 11) is 0. The van der Waals surface area contributed by atoms with E-state index >= 15 is 0 Å². The normalized spacial score (nSPS) is 20.9. The van der Waals surface area contributed by atoms with Crippen LogP contribution in [-0.4, -0.2) is 53.4 Å². The van der Waals surface area contributed by atoms with Crippen LogP contribution in [0, 0.1) is 0 Å². The number of likely N-dealkylation sites (tertiary alicyclic amines) is 1. The number of amides is 5. The van der Waals surface area contributed by atoms with E-state index in [0.29, 0.717) is 35.2 Å². The van der Waals surface area contributed by atoms with Crippen LogP contribution in [0.15, 0.2) is 18.2 Å². The number of halogens is 2. The number of benzene rings is 1. The Hall–Kier alpha value is -1.99. The highest BCUT2D eigenvalue weighted by molar-refractivity contribution is 6.42. The Morgan fingerprint density at radius 3 is 2.70 bits per heavy atom. The minimum absolute atomic E-state index is 0.0187. The molecule has 1 aromatic rings. The predicted octanol–water partition coefficient (Wildman–Crippen LogP) is 2.15. The molecule has 23 heavy (non-hydrogen) atoms. The van der Waals surface area contributed by atoms with Crippen molar-refractivity contribution in [3.05, 3.63) is 28.2 Å². The van der Waals surface area contributed by atoms with Gasteiger partial charge < -0.3 is 15.5 Å². The molecule has 9 heteroatoms. The summed E-state index contributed by atoms with van der Waals surface area (Å²) in [6.45, 7) is 0.798. The summed E-state index contributed by atoms with van der Waals surface area (Å²) in [5, 5.41) is 5.97. The Bertz CT molecular complexity index is 666. The van der Waals surface area contributed by atoms with E-state index in [9.17, 15) is 14.4 Å². The second-order valence-corrected chi connectivity index (χ2v) is 6.18. The molecule has 1 aromatic carbocycles. The number of hydrogen-bond acceptors (Lipinski definition) is 3. The van der Waals surface area contributed by atoms with Crippen molar-refractivity contribution in [2.24, 2.45) is 0 Å². The van der Waals surface area contributed by atoms with E-state index in [2.05, 4.69) is 10.6 Å². The first-order valence-corrected chi connectivity index (χ1v) is 7.82. The van der Waals surface area contributed by atoms with Crippen molar-refractivity contribution in [2.75, 3.05) is 25.0 Å². The molecule has 0 aromatic heterocycles. The van der Waals surface area contributed by atoms with Gasteiger partial charge in [-0.1, -0.05) is 23.2 Å². The van der Waals surface area contributed by atoms with Crippen molar-refractivity contribution in [3.8, 4) is 0 Å². The third-order valence-electron chi connectivity index (χ3n) is 3.86. The van der Waals surface area contributed by atoms with E-state index < -0.39 is 6.03 Å². The lowest BCUT2D eigenvalue weighted by Crippen LogP contribution is -2.43. The van der Waals surface area contributed by atoms with Crippen molar-refractivity contribution in [1.29, 1.82) is 0 Å². The molecular weight excluding hydrogens is 343 g/mol. The van der Waals surface area contributed by atoms with Gasteiger partial charge in [-0.05, 0) is 24.6 Å². The Morgan fingerprint density at radius 1 is 1.26 bits per heavy atom. The lowest BCUT2D eigenvalue weighted by Gasteiger charge is -2.21. The molecule has 7 nitrogen and oxygen atoms in total. The highest BCUT2D eigenvalue weighted by Crippen LogP contribution is 2.26. The summed E-state index contributed by atoms with van der Waals surface area (Å²) in [4.78, 5) is 38.4. The third-order valence-corrected chi connectivity index (χ3v) is 4.60. The molecule has 5 amide bonds. The lowest BCUT2D eigenvalue weighted by molar-refractivity contribution is -0.126. The number of nitrogens with one attached hydrogen (secondary N) is 2. The van der Waals surface area contributed by atoms with Gasteiger partial charge >= 0.3 is 12.1 Å². The summed E-state index contributed by atoms with van der Waals surface area (Å²) >= 11 is 11.7. The van der Waals surface area contributed by atoms with Crippen molar-refractivity contribution in [1.82, 2.24) is 15.1 Å². The zero-order chi connectivity index (χ0) is 16.6. The minimum Gasteiger partial charge on any atom is -0.329 e. The molecule has 1 atom stereocenters. The Labute approximate surface area is 142 Å². The highest BCUT2D eigenvalue weighted by atomic mass is 35.5. The number of anilines is 1. The van der Waals surface area contributed by atoms with Crippen molar-refractivity contribution < 1.29 is 14.4 Å². The molecule has 2 heterocycles. The molecule has 2 fully saturated rings. The summed E-state index contributed by atoms with van der Waals surface area (Å²) < 4.78 is 0. The largest absolute Gasteiger partial charge is 0.329 e. The van der Waals surface area contributed by atoms with E-state index in [1.165, 1.54) is 4.90 Å². The predicted molar refractivity (Wildman–Crippen MR) is 85.7 cm³/mol. The first kappa shape index (κ1) is 15.9. The molecule has 1 unspecified atom stereocenters. The first-order valence-electron chi connectivity index (χ1n) is 7.06. The summed E-state index contributed by atoms with van der Waals surface area (Å²) in [5.41, 5.74) is 0.530. The highest BCUT2D eigenvalue weighted by Gasteiger charge is 2.39. The van der Waals surface area contributed by atoms with Gasteiger partial charge in [0.15, 0.2) is 0 Å². The summed E-state index contributed by atoms with van der Waals surface area (Å²) in [6.07, 6.45) is 0.563. The van der Waals surface area contributed by atoms with Crippen molar-refractivity contribution in [2.45, 2.75) is 12.5 Å². The quantitative estimate of drug-likeness (QED) is 0.796. The van der Waals surface area contributed by atoms with Gasteiger partial charge in [-0.25, -0.2) is 9.59 Å². The van der Waals surface area contributed by atoms with Crippen LogP contribution < -0.4 is 10.6 Å². The smallest absolute Gasteiger partial charge is 0.324 e. The van der Waals surface area contributed by atoms with Crippen molar-refractivity contribution >= 4 is 46.9 Å². The Balaban J connectivity index is 1.62. The van der Waals surface area contributed by atoms with Crippen LogP contribution in [0.25, 0.3) is 0 Å². The average Bonchev–Trinajstić information content (AvgIpc) is 3.10. The lowest BCUT2D eigenvalue weighted by atomic mass is 10.2. The molecule has 0 bridgehead atoms. The topological polar surface area (TPSA) is 81.8 Å². The number of rotatable bonds is 2. The van der Waals surface area contributed by atoms with E-state index in [0.717, 1.165) is 0 Å². The minimum atomic E-state index is -0.397. The van der Waals surface area contributed by atoms with Gasteiger partial charge in [0.2, 0.25) is 5.91 Å². The van der Waals surface area contributed by atoms with Gasteiger partial charge in [0.05, 0.1) is 22.6 Å². The van der Waals surface area contributed by atoms with Crippen LogP contribution >= 0.6 is 23.2 Å². The zero-order valence-electron chi connectivity index (χ0n) is 12.0. The maximum atomic E-state index is 12.3. The summed E-state index contributed by atoms with van der Waals surface area (Å²) in [6, 6.07) is 3.82. The number of carbonyl (C=O) groups excluding carboxylic acids is 3. The molecule has 2 N–H and O–H groups in total. The SMILES string of the molecule is O=C(Nc1ccc(Cl)c(Cl)c1)N1CCC(N2C(=O)CNC2=O)C1. The number of hydrogen-bond donors (Lipinski definition) is 2. The van der Waals surface area contributed by atoms with Crippen LogP contribution in [0.2, 0.25) is 10.0 Å². The van der Waals surface area contributed by atoms with E-state index in [4.69, 9.17) is 23.2 Å². The number of carbonyl (C=O) groups is 3. The average molecular weight is 357 g/mol. The van der Waals surface area contributed by atoms with Crippen LogP contribution in [0.3, 0.4) is 0 Å². The number of nitrogens with zero attached hydrogens (tertiary/aromatic N) is 2. The van der Waals surface area contributed by atoms with E-state index in [1.807, 2.05) is 0 Å². The molecule has 2 aliphatic heterocycles. The fourth-order valence-electron chi connectivity index (χ4n) is 2.72. The second-order valence-electron chi connectivity index (χ2n) is 5.37. The summed E-state index contributed by atoms with van der Waals surface area (Å²) in [5.74, 6) is -0.258. The molecule has 122 valence electrons. The molecule has 2 saturated heterocycles. The molecule has 0 aliphatic carbocycles. The van der Waals surface area contributed by atoms with Crippen LogP contribution in [0.5, 0.6) is 0 Å². The number of urea groups is 2. The fraction of sp³-hybridized carbons (Fsp3) is 0.357. The molecule has 0 spiro atoms. The monoisotopic (exact) mass is 356 g/mol. The number of imide groups is 1. The third kappa shape index (κ3) is 3.20. The Morgan fingerprint density at radius 2 is 2.04 bits per heavy atom. The van der Waals surface area contributed by atoms with Crippen molar-refractivity contribution in [3.63, 3.8) is 0 Å². The second kappa shape index (κ2) is 6.25. The standard InChI is InChI=1S/C14H14Cl2N4O3/c15-10-2-1-8(5-11(10)16)18-14(23)19-4-3-9(7-19)20-12(21)6-17-13(20)22/h1-2,5,9H,3-4,6-7H2,(H,17,22)(H,18,23). The fourth-order valence-corrected chi connectivity index (χ4v) is 3.02. The first-order chi connectivity index (χ1) is 11.0. The van der Waals surface area contributed by atoms with Gasteiger partial charge in [-0.3, -0.25) is 9.69 Å². The maximum Gasteiger partial charge on any atom is 0.324 e. The molecule has 2 aliphatic rings. The van der Waals surface area contributed by atoms with Gasteiger partial charge in [-0.2, -0.15) is 0 Å². The van der Waals surface area contributed by atoms with Crippen LogP contribution in [-0.2, 0) is 4.79 Å². The van der Waals surface area contributed by atoms with Gasteiger partial charge in [-0.15, -0.1) is 0 Å². The van der Waals surface area contributed by atoms with E-state index in [-0.39, 0.29) is 24.5 Å². The van der Waals surface area contributed by atoms with Gasteiger partial charge in [0.1, 0.15) is 0 Å².